The molecular formula is C24H26N6O2S. The smallest absolute Gasteiger partial charge is 0.266 e. The molecule has 1 saturated heterocycles. The molecule has 3 heterocycles. The molecule has 0 saturated carbocycles. The number of aromatic nitrogens is 1. The number of carbonyl (C=O) groups excluding carboxylic acids is 2. The number of benzene rings is 1. The van der Waals surface area contributed by atoms with Crippen molar-refractivity contribution in [1.29, 1.82) is 5.26 Å². The Hall–Kier alpha value is -3.64. The van der Waals surface area contributed by atoms with Gasteiger partial charge in [0.1, 0.15) is 21.6 Å². The maximum Gasteiger partial charge on any atom is 0.266 e. The number of amides is 1. The number of thiophene rings is 1. The monoisotopic (exact) mass is 462 g/mol. The number of rotatable bonds is 4. The molecule has 0 aliphatic carbocycles. The minimum absolute atomic E-state index is 0.00485. The number of fused-ring (bicyclic) bond motifs is 1. The first-order valence-electron chi connectivity index (χ1n) is 10.8. The van der Waals surface area contributed by atoms with Gasteiger partial charge in [0.2, 0.25) is 0 Å². The number of nitrogens with two attached hydrogens (primary N) is 2. The van der Waals surface area contributed by atoms with Crippen LogP contribution in [0.1, 0.15) is 57.8 Å². The number of pyridine rings is 1. The van der Waals surface area contributed by atoms with Crippen LogP contribution in [-0.4, -0.2) is 47.8 Å². The molecule has 0 spiro atoms. The first-order chi connectivity index (χ1) is 15.7. The van der Waals surface area contributed by atoms with Crippen molar-refractivity contribution in [2.24, 2.45) is 0 Å². The van der Waals surface area contributed by atoms with Crippen molar-refractivity contribution in [3.8, 4) is 6.07 Å². The molecule has 1 fully saturated rings. The van der Waals surface area contributed by atoms with Crippen LogP contribution in [-0.2, 0) is 0 Å². The van der Waals surface area contributed by atoms with Crippen molar-refractivity contribution in [2.45, 2.75) is 26.7 Å². The van der Waals surface area contributed by atoms with E-state index >= 15 is 0 Å². The molecule has 2 aromatic heterocycles. The minimum atomic E-state index is -0.131. The lowest BCUT2D eigenvalue weighted by Crippen LogP contribution is -2.48. The van der Waals surface area contributed by atoms with E-state index < -0.39 is 0 Å². The standard InChI is InChI=1S/C24H26N6O2S/c1-13(2)18-17(12-25)22(27)28-23-19(18)20(26)21(33-23)24(32)30-10-8-29(9-11-30)16-6-4-15(5-7-16)14(3)31/h4-7,13H,8-11,26H2,1-3H3,(H2,27,28). The van der Waals surface area contributed by atoms with Crippen molar-refractivity contribution in [2.75, 3.05) is 42.5 Å². The second-order valence-corrected chi connectivity index (χ2v) is 9.46. The number of nitrogen functional groups attached to an aromatic ring is 2. The van der Waals surface area contributed by atoms with Crippen LogP contribution >= 0.6 is 11.3 Å². The van der Waals surface area contributed by atoms with Gasteiger partial charge in [-0.25, -0.2) is 4.98 Å². The zero-order chi connectivity index (χ0) is 23.9. The van der Waals surface area contributed by atoms with E-state index in [1.54, 1.807) is 11.8 Å². The number of piperazine rings is 1. The normalized spacial score (nSPS) is 14.0. The fourth-order valence-corrected chi connectivity index (χ4v) is 5.36. The summed E-state index contributed by atoms with van der Waals surface area (Å²) in [4.78, 5) is 34.2. The average Bonchev–Trinajstić information content (AvgIpc) is 3.13. The third-order valence-electron chi connectivity index (χ3n) is 6.03. The topological polar surface area (TPSA) is 129 Å². The van der Waals surface area contributed by atoms with E-state index in [9.17, 15) is 14.9 Å². The second-order valence-electron chi connectivity index (χ2n) is 8.46. The molecule has 0 atom stereocenters. The molecule has 3 aromatic rings. The van der Waals surface area contributed by atoms with Crippen LogP contribution in [0.15, 0.2) is 24.3 Å². The molecule has 9 heteroatoms. The lowest BCUT2D eigenvalue weighted by molar-refractivity contribution is 0.0752. The predicted octanol–water partition coefficient (Wildman–Crippen LogP) is 3.62. The van der Waals surface area contributed by atoms with Crippen LogP contribution in [0, 0.1) is 11.3 Å². The van der Waals surface area contributed by atoms with Crippen LogP contribution in [0.2, 0.25) is 0 Å². The third kappa shape index (κ3) is 3.98. The molecule has 33 heavy (non-hydrogen) atoms. The van der Waals surface area contributed by atoms with E-state index in [0.717, 1.165) is 11.3 Å². The Morgan fingerprint density at radius 2 is 1.76 bits per heavy atom. The summed E-state index contributed by atoms with van der Waals surface area (Å²) in [7, 11) is 0. The summed E-state index contributed by atoms with van der Waals surface area (Å²) < 4.78 is 0. The first kappa shape index (κ1) is 22.6. The molecule has 0 radical (unpaired) electrons. The third-order valence-corrected chi connectivity index (χ3v) is 7.12. The molecular weight excluding hydrogens is 436 g/mol. The van der Waals surface area contributed by atoms with Gasteiger partial charge in [0.05, 0.1) is 11.3 Å². The Labute approximate surface area is 196 Å². The van der Waals surface area contributed by atoms with Gasteiger partial charge in [-0.1, -0.05) is 13.8 Å². The second kappa shape index (κ2) is 8.71. The molecule has 8 nitrogen and oxygen atoms in total. The summed E-state index contributed by atoms with van der Waals surface area (Å²) in [6.07, 6.45) is 0. The highest BCUT2D eigenvalue weighted by molar-refractivity contribution is 7.21. The van der Waals surface area contributed by atoms with E-state index in [1.807, 2.05) is 38.1 Å². The lowest BCUT2D eigenvalue weighted by atomic mass is 9.95. The van der Waals surface area contributed by atoms with E-state index in [4.69, 9.17) is 11.5 Å². The maximum absolute atomic E-state index is 13.3. The van der Waals surface area contributed by atoms with Gasteiger partial charge >= 0.3 is 0 Å². The highest BCUT2D eigenvalue weighted by Crippen LogP contribution is 2.41. The van der Waals surface area contributed by atoms with E-state index in [-0.39, 0.29) is 23.4 Å². The fourth-order valence-electron chi connectivity index (χ4n) is 4.27. The molecule has 1 amide bonds. The number of anilines is 3. The van der Waals surface area contributed by atoms with Crippen molar-refractivity contribution < 1.29 is 9.59 Å². The van der Waals surface area contributed by atoms with Crippen molar-refractivity contribution >= 4 is 50.4 Å². The number of hydrogen-bond donors (Lipinski definition) is 2. The summed E-state index contributed by atoms with van der Waals surface area (Å²) in [5.41, 5.74) is 15.6. The zero-order valence-electron chi connectivity index (χ0n) is 18.9. The molecule has 1 aliphatic heterocycles. The quantitative estimate of drug-likeness (QED) is 0.566. The largest absolute Gasteiger partial charge is 0.397 e. The average molecular weight is 463 g/mol. The Kier molecular flexibility index (Phi) is 5.95. The highest BCUT2D eigenvalue weighted by atomic mass is 32.1. The van der Waals surface area contributed by atoms with Gasteiger partial charge < -0.3 is 21.3 Å². The predicted molar refractivity (Wildman–Crippen MR) is 132 cm³/mol. The van der Waals surface area contributed by atoms with Gasteiger partial charge in [0.25, 0.3) is 5.91 Å². The number of nitriles is 1. The summed E-state index contributed by atoms with van der Waals surface area (Å²) in [5, 5.41) is 10.2. The lowest BCUT2D eigenvalue weighted by Gasteiger charge is -2.36. The number of ketones is 1. The van der Waals surface area contributed by atoms with Gasteiger partial charge in [-0.15, -0.1) is 11.3 Å². The highest BCUT2D eigenvalue weighted by Gasteiger charge is 2.29. The van der Waals surface area contributed by atoms with Gasteiger partial charge in [-0.3, -0.25) is 9.59 Å². The maximum atomic E-state index is 13.3. The van der Waals surface area contributed by atoms with Crippen LogP contribution in [0.4, 0.5) is 17.2 Å². The molecule has 1 aromatic carbocycles. The Balaban J connectivity index is 1.57. The Morgan fingerprint density at radius 1 is 1.12 bits per heavy atom. The van der Waals surface area contributed by atoms with Crippen molar-refractivity contribution in [3.63, 3.8) is 0 Å². The molecule has 4 N–H and O–H groups in total. The molecule has 1 aliphatic rings. The molecule has 0 unspecified atom stereocenters. The molecule has 0 bridgehead atoms. The summed E-state index contributed by atoms with van der Waals surface area (Å²) in [6.45, 7) is 7.95. The summed E-state index contributed by atoms with van der Waals surface area (Å²) in [6, 6.07) is 9.67. The number of nitrogens with zero attached hydrogens (tertiary/aromatic N) is 4. The number of carbonyl (C=O) groups is 2. The summed E-state index contributed by atoms with van der Waals surface area (Å²) >= 11 is 1.23. The van der Waals surface area contributed by atoms with E-state index in [2.05, 4.69) is 16.0 Å². The fraction of sp³-hybridized carbons (Fsp3) is 0.333. The van der Waals surface area contributed by atoms with Crippen molar-refractivity contribution in [3.05, 3.63) is 45.8 Å². The van der Waals surface area contributed by atoms with Crippen LogP contribution in [0.3, 0.4) is 0 Å². The Bertz CT molecular complexity index is 1280. The van der Waals surface area contributed by atoms with Crippen molar-refractivity contribution in [1.82, 2.24) is 9.88 Å². The number of Topliss-reactive ketones (excluding diaryl/α,β-unsaturated/α-hetero) is 1. The van der Waals surface area contributed by atoms with Crippen LogP contribution in [0.5, 0.6) is 0 Å². The Morgan fingerprint density at radius 3 is 2.30 bits per heavy atom. The zero-order valence-corrected chi connectivity index (χ0v) is 19.7. The summed E-state index contributed by atoms with van der Waals surface area (Å²) in [5.74, 6) is 0.0779. The van der Waals surface area contributed by atoms with Crippen LogP contribution < -0.4 is 16.4 Å². The SMILES string of the molecule is CC(=O)c1ccc(N2CCN(C(=O)c3sc4nc(N)c(C#N)c(C(C)C)c4c3N)CC2)cc1. The minimum Gasteiger partial charge on any atom is -0.397 e. The first-order valence-corrected chi connectivity index (χ1v) is 11.6. The van der Waals surface area contributed by atoms with Gasteiger partial charge in [-0.2, -0.15) is 5.26 Å². The molecule has 170 valence electrons. The van der Waals surface area contributed by atoms with E-state index in [0.29, 0.717) is 58.1 Å². The van der Waals surface area contributed by atoms with Gasteiger partial charge in [-0.05, 0) is 42.7 Å². The van der Waals surface area contributed by atoms with Gasteiger partial charge in [0, 0.05) is 42.8 Å². The van der Waals surface area contributed by atoms with Gasteiger partial charge in [0.15, 0.2) is 5.78 Å². The number of hydrogen-bond acceptors (Lipinski definition) is 8. The van der Waals surface area contributed by atoms with Crippen LogP contribution in [0.25, 0.3) is 10.2 Å². The molecule has 4 rings (SSSR count). The van der Waals surface area contributed by atoms with E-state index in [1.165, 1.54) is 11.3 Å².